The minimum Gasteiger partial charge on any atom is -0.483 e. The Hall–Kier alpha value is -5.16. The molecular weight excluding hydrogens is 595 g/mol. The quantitative estimate of drug-likeness (QED) is 0.195. The van der Waals surface area contributed by atoms with Gasteiger partial charge in [0.15, 0.2) is 12.4 Å². The second-order valence-electron chi connectivity index (χ2n) is 9.85. The minimum atomic E-state index is -4.60. The van der Waals surface area contributed by atoms with Crippen molar-refractivity contribution in [2.75, 3.05) is 30.9 Å². The van der Waals surface area contributed by atoms with Crippen molar-refractivity contribution in [2.24, 2.45) is 5.10 Å². The van der Waals surface area contributed by atoms with E-state index >= 15 is 0 Å². The van der Waals surface area contributed by atoms with Crippen LogP contribution in [-0.2, 0) is 11.0 Å². The van der Waals surface area contributed by atoms with Gasteiger partial charge in [-0.1, -0.05) is 35.9 Å². The van der Waals surface area contributed by atoms with E-state index in [1.807, 2.05) is 19.0 Å². The molecule has 0 saturated heterocycles. The van der Waals surface area contributed by atoms with Gasteiger partial charge in [-0.15, -0.1) is 0 Å². The van der Waals surface area contributed by atoms with E-state index in [1.165, 1.54) is 18.3 Å². The lowest BCUT2D eigenvalue weighted by Crippen LogP contribution is -2.21. The number of carbonyl (C=O) groups is 1. The first-order valence-electron chi connectivity index (χ1n) is 13.2. The normalized spacial score (nSPS) is 11.6. The second kappa shape index (κ2) is 12.6. The molecule has 0 radical (unpaired) electrons. The van der Waals surface area contributed by atoms with E-state index < -0.39 is 23.2 Å². The van der Waals surface area contributed by atoms with Gasteiger partial charge in [0.25, 0.3) is 11.5 Å². The van der Waals surface area contributed by atoms with E-state index in [1.54, 1.807) is 66.7 Å². The fourth-order valence-corrected chi connectivity index (χ4v) is 4.40. The van der Waals surface area contributed by atoms with Gasteiger partial charge in [-0.2, -0.15) is 22.9 Å². The fourth-order valence-electron chi connectivity index (χ4n) is 4.28. The number of fused-ring (bicyclic) bond motifs is 1. The molecular formula is C32H25ClF3N5O3. The van der Waals surface area contributed by atoms with Crippen LogP contribution in [-0.4, -0.2) is 42.5 Å². The minimum absolute atomic E-state index is 0.0538. The molecule has 0 aliphatic carbocycles. The molecule has 0 saturated carbocycles. The number of nitrogens with one attached hydrogen (secondary N) is 1. The summed E-state index contributed by atoms with van der Waals surface area (Å²) in [6.45, 7) is -0.340. The summed E-state index contributed by atoms with van der Waals surface area (Å²) in [5.74, 6) is -0.216. The summed E-state index contributed by atoms with van der Waals surface area (Å²) in [5, 5.41) is 7.84. The largest absolute Gasteiger partial charge is 0.483 e. The SMILES string of the molecule is CN(C)c1ccc(C=Nn2c(-c3cccc(C(F)(F)F)c3)nc3ccccc3c2=O)c(OCC(=O)Nc2ccc(Cl)cc2)c1. The lowest BCUT2D eigenvalue weighted by Gasteiger charge is -2.16. The van der Waals surface area contributed by atoms with Crippen molar-refractivity contribution in [3.05, 3.63) is 117 Å². The van der Waals surface area contributed by atoms with E-state index in [4.69, 9.17) is 16.3 Å². The number of halogens is 4. The fraction of sp³-hybridized carbons (Fsp3) is 0.125. The van der Waals surface area contributed by atoms with Gasteiger partial charge < -0.3 is 15.0 Å². The van der Waals surface area contributed by atoms with Crippen molar-refractivity contribution >= 4 is 46.0 Å². The number of benzene rings is 4. The van der Waals surface area contributed by atoms with Crippen LogP contribution in [0.4, 0.5) is 24.5 Å². The number of nitrogens with zero attached hydrogens (tertiary/aromatic N) is 4. The molecule has 4 aromatic carbocycles. The zero-order valence-corrected chi connectivity index (χ0v) is 24.2. The third-order valence-corrected chi connectivity index (χ3v) is 6.77. The van der Waals surface area contributed by atoms with Crippen LogP contribution in [0.1, 0.15) is 11.1 Å². The molecule has 1 heterocycles. The van der Waals surface area contributed by atoms with Crippen LogP contribution >= 0.6 is 11.6 Å². The topological polar surface area (TPSA) is 88.8 Å². The van der Waals surface area contributed by atoms with Crippen LogP contribution in [0, 0.1) is 0 Å². The van der Waals surface area contributed by atoms with Gasteiger partial charge in [0.1, 0.15) is 5.75 Å². The Bertz CT molecular complexity index is 1920. The predicted octanol–water partition coefficient (Wildman–Crippen LogP) is 6.70. The number of hydrogen-bond acceptors (Lipinski definition) is 6. The number of amides is 1. The van der Waals surface area contributed by atoms with E-state index in [2.05, 4.69) is 15.4 Å². The van der Waals surface area contributed by atoms with Crippen molar-refractivity contribution in [1.82, 2.24) is 9.66 Å². The summed E-state index contributed by atoms with van der Waals surface area (Å²) >= 11 is 5.90. The highest BCUT2D eigenvalue weighted by Gasteiger charge is 2.31. The predicted molar refractivity (Wildman–Crippen MR) is 166 cm³/mol. The Balaban J connectivity index is 1.53. The van der Waals surface area contributed by atoms with Crippen LogP contribution < -0.4 is 20.5 Å². The molecule has 0 aliphatic heterocycles. The first-order valence-corrected chi connectivity index (χ1v) is 13.6. The van der Waals surface area contributed by atoms with E-state index in [0.29, 0.717) is 21.8 Å². The Morgan fingerprint density at radius 3 is 2.50 bits per heavy atom. The van der Waals surface area contributed by atoms with Crippen LogP contribution in [0.25, 0.3) is 22.3 Å². The Labute approximate surface area is 255 Å². The van der Waals surface area contributed by atoms with Crippen LogP contribution in [0.5, 0.6) is 5.75 Å². The van der Waals surface area contributed by atoms with Gasteiger partial charge in [-0.25, -0.2) is 4.98 Å². The Morgan fingerprint density at radius 2 is 1.77 bits per heavy atom. The molecule has 1 amide bonds. The van der Waals surface area contributed by atoms with Crippen molar-refractivity contribution < 1.29 is 22.7 Å². The summed E-state index contributed by atoms with van der Waals surface area (Å²) < 4.78 is 47.4. The van der Waals surface area contributed by atoms with E-state index in [9.17, 15) is 22.8 Å². The number of aromatic nitrogens is 2. The summed E-state index contributed by atoms with van der Waals surface area (Å²) in [6.07, 6.45) is -3.26. The number of anilines is 2. The molecule has 224 valence electrons. The maximum Gasteiger partial charge on any atom is 0.416 e. The van der Waals surface area contributed by atoms with E-state index in [-0.39, 0.29) is 29.1 Å². The molecule has 0 atom stereocenters. The number of para-hydroxylation sites is 1. The standard InChI is InChI=1S/C32H25ClF3N5O3/c1-40(2)25-15-10-21(28(17-25)44-19-29(42)38-24-13-11-23(33)12-14-24)18-37-41-30(20-6-5-7-22(16-20)32(34,35)36)39-27-9-4-3-8-26(27)31(41)43/h3-18H,19H2,1-2H3,(H,38,42). The molecule has 0 fully saturated rings. The van der Waals surface area contributed by atoms with E-state index in [0.717, 1.165) is 22.5 Å². The molecule has 44 heavy (non-hydrogen) atoms. The third-order valence-electron chi connectivity index (χ3n) is 6.51. The molecule has 12 heteroatoms. The highest BCUT2D eigenvalue weighted by molar-refractivity contribution is 6.30. The number of rotatable bonds is 8. The van der Waals surface area contributed by atoms with Gasteiger partial charge in [-0.05, 0) is 60.7 Å². The zero-order valence-electron chi connectivity index (χ0n) is 23.5. The molecule has 0 aliphatic rings. The van der Waals surface area contributed by atoms with Gasteiger partial charge in [0, 0.05) is 47.7 Å². The van der Waals surface area contributed by atoms with Gasteiger partial charge in [0.05, 0.1) is 22.7 Å². The zero-order chi connectivity index (χ0) is 31.4. The number of ether oxygens (including phenoxy) is 1. The molecule has 5 aromatic rings. The molecule has 0 spiro atoms. The lowest BCUT2D eigenvalue weighted by molar-refractivity contribution is -0.137. The molecule has 0 unspecified atom stereocenters. The second-order valence-corrected chi connectivity index (χ2v) is 10.3. The maximum atomic E-state index is 13.6. The first kappa shape index (κ1) is 30.3. The average Bonchev–Trinajstić information content (AvgIpc) is 3.00. The third kappa shape index (κ3) is 6.90. The number of carbonyl (C=O) groups excluding carboxylic acids is 1. The van der Waals surface area contributed by atoms with Gasteiger partial charge in [0.2, 0.25) is 0 Å². The molecule has 8 nitrogen and oxygen atoms in total. The molecule has 0 bridgehead atoms. The summed E-state index contributed by atoms with van der Waals surface area (Å²) in [7, 11) is 3.67. The molecule has 5 rings (SSSR count). The van der Waals surface area contributed by atoms with Crippen molar-refractivity contribution in [1.29, 1.82) is 0 Å². The van der Waals surface area contributed by atoms with Gasteiger partial charge >= 0.3 is 6.18 Å². The smallest absolute Gasteiger partial charge is 0.416 e. The summed E-state index contributed by atoms with van der Waals surface area (Å²) in [6, 6.07) is 22.8. The van der Waals surface area contributed by atoms with Crippen LogP contribution in [0.2, 0.25) is 5.02 Å². The summed E-state index contributed by atoms with van der Waals surface area (Å²) in [4.78, 5) is 32.5. The van der Waals surface area contributed by atoms with Gasteiger partial charge in [-0.3, -0.25) is 9.59 Å². The summed E-state index contributed by atoms with van der Waals surface area (Å²) in [5.41, 5.74) is 0.612. The number of hydrogen-bond donors (Lipinski definition) is 1. The molecule has 1 aromatic heterocycles. The van der Waals surface area contributed by atoms with Crippen LogP contribution in [0.3, 0.4) is 0 Å². The molecule has 1 N–H and O–H groups in total. The monoisotopic (exact) mass is 619 g/mol. The highest BCUT2D eigenvalue weighted by Crippen LogP contribution is 2.32. The Kier molecular flexibility index (Phi) is 8.68. The van der Waals surface area contributed by atoms with Crippen molar-refractivity contribution in [3.63, 3.8) is 0 Å². The van der Waals surface area contributed by atoms with Crippen LogP contribution in [0.15, 0.2) is 101 Å². The Morgan fingerprint density at radius 1 is 1.02 bits per heavy atom. The highest BCUT2D eigenvalue weighted by atomic mass is 35.5. The lowest BCUT2D eigenvalue weighted by atomic mass is 10.1. The first-order chi connectivity index (χ1) is 21.0. The van der Waals surface area contributed by atoms with Crippen molar-refractivity contribution in [3.8, 4) is 17.1 Å². The van der Waals surface area contributed by atoms with Crippen molar-refractivity contribution in [2.45, 2.75) is 6.18 Å². The number of alkyl halides is 3. The maximum absolute atomic E-state index is 13.6. The average molecular weight is 620 g/mol.